The van der Waals surface area contributed by atoms with Gasteiger partial charge in [-0.2, -0.15) is 5.26 Å². The molecule has 0 fully saturated rings. The largest absolute Gasteiger partial charge is 0.311 e. The maximum atomic E-state index is 12.6. The Morgan fingerprint density at radius 3 is 2.96 bits per heavy atom. The quantitative estimate of drug-likeness (QED) is 0.915. The number of anilines is 2. The van der Waals surface area contributed by atoms with E-state index in [4.69, 9.17) is 5.26 Å². The minimum absolute atomic E-state index is 0.0320. The van der Waals surface area contributed by atoms with Gasteiger partial charge in [0.2, 0.25) is 11.8 Å². The van der Waals surface area contributed by atoms with Crippen molar-refractivity contribution in [1.29, 1.82) is 5.26 Å². The first kappa shape index (κ1) is 17.1. The van der Waals surface area contributed by atoms with Crippen LogP contribution in [-0.2, 0) is 22.4 Å². The lowest BCUT2D eigenvalue weighted by Gasteiger charge is -2.16. The number of hydrogen-bond donors (Lipinski definition) is 1. The molecule has 128 valence electrons. The lowest BCUT2D eigenvalue weighted by Crippen LogP contribution is -2.30. The summed E-state index contributed by atoms with van der Waals surface area (Å²) >= 11 is 1.32. The molecule has 1 aliphatic heterocycles. The highest BCUT2D eigenvalue weighted by Crippen LogP contribution is 2.29. The number of nitriles is 1. The summed E-state index contributed by atoms with van der Waals surface area (Å²) in [4.78, 5) is 30.4. The summed E-state index contributed by atoms with van der Waals surface area (Å²) in [7, 11) is 0. The second-order valence-electron chi connectivity index (χ2n) is 6.22. The molecule has 1 aromatic heterocycles. The first-order valence-corrected chi connectivity index (χ1v) is 8.94. The van der Waals surface area contributed by atoms with E-state index in [0.29, 0.717) is 22.9 Å². The highest BCUT2D eigenvalue weighted by atomic mass is 32.1. The average Bonchev–Trinajstić information content (AvgIpc) is 3.20. The maximum absolute atomic E-state index is 12.6. The van der Waals surface area contributed by atoms with Crippen molar-refractivity contribution in [2.45, 2.75) is 26.7 Å². The molecular weight excluding hydrogens is 336 g/mol. The third kappa shape index (κ3) is 3.69. The van der Waals surface area contributed by atoms with Crippen molar-refractivity contribution in [1.82, 2.24) is 4.98 Å². The van der Waals surface area contributed by atoms with E-state index in [0.717, 1.165) is 17.7 Å². The molecular formula is C18H18N4O2S. The Hall–Kier alpha value is -2.72. The lowest BCUT2D eigenvalue weighted by atomic mass is 10.1. The first-order chi connectivity index (χ1) is 12.0. The van der Waals surface area contributed by atoms with Crippen molar-refractivity contribution in [2.24, 2.45) is 5.92 Å². The predicted octanol–water partition coefficient (Wildman–Crippen LogP) is 2.74. The lowest BCUT2D eigenvalue weighted by molar-refractivity contribution is -0.119. The van der Waals surface area contributed by atoms with E-state index in [1.165, 1.54) is 11.3 Å². The molecule has 2 amide bonds. The van der Waals surface area contributed by atoms with Crippen molar-refractivity contribution in [3.8, 4) is 6.07 Å². The minimum Gasteiger partial charge on any atom is -0.311 e. The van der Waals surface area contributed by atoms with E-state index in [9.17, 15) is 9.59 Å². The molecule has 0 atom stereocenters. The molecule has 7 heteroatoms. The number of benzene rings is 1. The smallest absolute Gasteiger partial charge is 0.233 e. The van der Waals surface area contributed by atoms with Gasteiger partial charge in [0.25, 0.3) is 0 Å². The Kier molecular flexibility index (Phi) is 4.81. The summed E-state index contributed by atoms with van der Waals surface area (Å²) < 4.78 is 0. The van der Waals surface area contributed by atoms with Gasteiger partial charge in [-0.25, -0.2) is 4.98 Å². The molecule has 2 heterocycles. The highest BCUT2D eigenvalue weighted by molar-refractivity contribution is 7.13. The fraction of sp³-hybridized carbons (Fsp3) is 0.333. The fourth-order valence-electron chi connectivity index (χ4n) is 2.68. The second kappa shape index (κ2) is 7.03. The Bertz CT molecular complexity index is 866. The number of thiazole rings is 1. The number of aromatic nitrogens is 1. The normalized spacial score (nSPS) is 12.8. The van der Waals surface area contributed by atoms with Crippen LogP contribution < -0.4 is 10.2 Å². The number of hydrogen-bond acceptors (Lipinski definition) is 5. The number of fused-ring (bicyclic) bond motifs is 1. The summed E-state index contributed by atoms with van der Waals surface area (Å²) in [6.07, 6.45) is 0.941. The van der Waals surface area contributed by atoms with Gasteiger partial charge in [0.15, 0.2) is 5.13 Å². The van der Waals surface area contributed by atoms with Crippen LogP contribution in [-0.4, -0.2) is 23.3 Å². The molecule has 0 spiro atoms. The molecule has 1 aromatic carbocycles. The first-order valence-electron chi connectivity index (χ1n) is 8.06. The number of carbonyl (C=O) groups excluding carboxylic acids is 2. The van der Waals surface area contributed by atoms with E-state index < -0.39 is 0 Å². The van der Waals surface area contributed by atoms with Crippen LogP contribution in [0.2, 0.25) is 0 Å². The molecule has 0 saturated carbocycles. The van der Waals surface area contributed by atoms with Gasteiger partial charge in [0.05, 0.1) is 23.7 Å². The number of nitrogens with zero attached hydrogens (tertiary/aromatic N) is 3. The van der Waals surface area contributed by atoms with Crippen molar-refractivity contribution < 1.29 is 9.59 Å². The summed E-state index contributed by atoms with van der Waals surface area (Å²) in [5, 5.41) is 14.0. The average molecular weight is 354 g/mol. The minimum atomic E-state index is -0.117. The van der Waals surface area contributed by atoms with Crippen LogP contribution in [0, 0.1) is 17.2 Å². The van der Waals surface area contributed by atoms with Crippen LogP contribution in [0.1, 0.15) is 30.7 Å². The van der Waals surface area contributed by atoms with Gasteiger partial charge in [0, 0.05) is 23.5 Å². The Morgan fingerprint density at radius 2 is 2.24 bits per heavy atom. The zero-order valence-electron chi connectivity index (χ0n) is 14.1. The molecule has 1 N–H and O–H groups in total. The molecule has 6 nitrogen and oxygen atoms in total. The third-order valence-corrected chi connectivity index (χ3v) is 4.85. The predicted molar refractivity (Wildman–Crippen MR) is 96.5 cm³/mol. The maximum Gasteiger partial charge on any atom is 0.233 e. The van der Waals surface area contributed by atoms with Crippen molar-refractivity contribution in [2.75, 3.05) is 16.8 Å². The monoisotopic (exact) mass is 354 g/mol. The van der Waals surface area contributed by atoms with Gasteiger partial charge in [-0.05, 0) is 30.2 Å². The molecule has 0 aliphatic carbocycles. The zero-order chi connectivity index (χ0) is 18.0. The molecule has 25 heavy (non-hydrogen) atoms. The van der Waals surface area contributed by atoms with Gasteiger partial charge >= 0.3 is 0 Å². The molecule has 0 bridgehead atoms. The van der Waals surface area contributed by atoms with Gasteiger partial charge in [-0.3, -0.25) is 9.59 Å². The number of carbonyl (C=O) groups is 2. The van der Waals surface area contributed by atoms with Crippen LogP contribution in [0.3, 0.4) is 0 Å². The van der Waals surface area contributed by atoms with Crippen molar-refractivity contribution in [3.05, 3.63) is 40.4 Å². The van der Waals surface area contributed by atoms with Crippen LogP contribution in [0.15, 0.2) is 23.6 Å². The molecule has 3 rings (SSSR count). The van der Waals surface area contributed by atoms with Gasteiger partial charge < -0.3 is 10.2 Å². The molecule has 0 unspecified atom stereocenters. The van der Waals surface area contributed by atoms with Gasteiger partial charge in [0.1, 0.15) is 0 Å². The molecule has 2 aromatic rings. The standard InChI is InChI=1S/C18H18N4O2S/c1-11(2)17(24)21-18-20-14(10-25-18)8-16(23)22-6-5-13-7-12(9-19)3-4-15(13)22/h3-4,7,10-11H,5-6,8H2,1-2H3,(H,20,21,24). The van der Waals surface area contributed by atoms with E-state index in [1.54, 1.807) is 16.3 Å². The fourth-order valence-corrected chi connectivity index (χ4v) is 3.39. The summed E-state index contributed by atoms with van der Waals surface area (Å²) in [6.45, 7) is 4.25. The van der Waals surface area contributed by atoms with E-state index in [-0.39, 0.29) is 24.2 Å². The molecule has 1 aliphatic rings. The van der Waals surface area contributed by atoms with Crippen LogP contribution in [0.4, 0.5) is 10.8 Å². The van der Waals surface area contributed by atoms with Crippen molar-refractivity contribution in [3.63, 3.8) is 0 Å². The van der Waals surface area contributed by atoms with Crippen LogP contribution in [0.5, 0.6) is 0 Å². The Balaban J connectivity index is 1.68. The number of amides is 2. The zero-order valence-corrected chi connectivity index (χ0v) is 14.9. The molecule has 0 saturated heterocycles. The summed E-state index contributed by atoms with van der Waals surface area (Å²) in [5.74, 6) is -0.238. The van der Waals surface area contributed by atoms with Crippen LogP contribution in [0.25, 0.3) is 0 Å². The van der Waals surface area contributed by atoms with E-state index in [1.807, 2.05) is 26.0 Å². The number of nitrogens with one attached hydrogen (secondary N) is 1. The summed E-state index contributed by atoms with van der Waals surface area (Å²) in [6, 6.07) is 7.51. The third-order valence-electron chi connectivity index (χ3n) is 4.04. The van der Waals surface area contributed by atoms with E-state index >= 15 is 0 Å². The highest BCUT2D eigenvalue weighted by Gasteiger charge is 2.25. The SMILES string of the molecule is CC(C)C(=O)Nc1nc(CC(=O)N2CCc3cc(C#N)ccc32)cs1. The van der Waals surface area contributed by atoms with E-state index in [2.05, 4.69) is 16.4 Å². The topological polar surface area (TPSA) is 86.1 Å². The second-order valence-corrected chi connectivity index (χ2v) is 7.07. The Morgan fingerprint density at radius 1 is 1.44 bits per heavy atom. The van der Waals surface area contributed by atoms with Gasteiger partial charge in [-0.15, -0.1) is 11.3 Å². The molecule has 0 radical (unpaired) electrons. The van der Waals surface area contributed by atoms with Crippen molar-refractivity contribution >= 4 is 34.0 Å². The summed E-state index contributed by atoms with van der Waals surface area (Å²) in [5.41, 5.74) is 3.15. The van der Waals surface area contributed by atoms with Gasteiger partial charge in [-0.1, -0.05) is 13.8 Å². The Labute approximate surface area is 150 Å². The number of rotatable bonds is 4. The van der Waals surface area contributed by atoms with Crippen LogP contribution >= 0.6 is 11.3 Å².